The molecule has 0 radical (unpaired) electrons. The molecule has 0 aliphatic carbocycles. The van der Waals surface area contributed by atoms with Gasteiger partial charge in [0.15, 0.2) is 0 Å². The standard InChI is InChI=1S/C19H26BrFN2O3/c1-12-9-15(20)14(10-16(12)21)17(24)23-7-5-13(6-8-23)11-22-18(25)26-19(2,3)4/h9-10,13H,5-8,11H2,1-4H3,(H,22,25). The number of halogens is 2. The molecule has 0 atom stereocenters. The second-order valence-electron chi connectivity index (χ2n) is 7.70. The molecule has 0 bridgehead atoms. The molecule has 0 spiro atoms. The van der Waals surface area contributed by atoms with Crippen molar-refractivity contribution in [2.75, 3.05) is 19.6 Å². The zero-order valence-electron chi connectivity index (χ0n) is 15.7. The minimum atomic E-state index is -0.517. The number of amides is 2. The van der Waals surface area contributed by atoms with Crippen LogP contribution >= 0.6 is 15.9 Å². The number of ether oxygens (including phenoxy) is 1. The summed E-state index contributed by atoms with van der Waals surface area (Å²) in [5, 5.41) is 2.79. The van der Waals surface area contributed by atoms with Crippen LogP contribution in [0.3, 0.4) is 0 Å². The topological polar surface area (TPSA) is 58.6 Å². The number of nitrogens with zero attached hydrogens (tertiary/aromatic N) is 1. The molecule has 144 valence electrons. The number of nitrogens with one attached hydrogen (secondary N) is 1. The third-order valence-electron chi connectivity index (χ3n) is 4.31. The van der Waals surface area contributed by atoms with Crippen molar-refractivity contribution in [1.82, 2.24) is 10.2 Å². The van der Waals surface area contributed by atoms with E-state index in [9.17, 15) is 14.0 Å². The normalized spacial score (nSPS) is 15.7. The third-order valence-corrected chi connectivity index (χ3v) is 4.97. The molecule has 5 nitrogen and oxygen atoms in total. The van der Waals surface area contributed by atoms with Gasteiger partial charge in [-0.3, -0.25) is 4.79 Å². The summed E-state index contributed by atoms with van der Waals surface area (Å²) in [7, 11) is 0. The predicted molar refractivity (Wildman–Crippen MR) is 102 cm³/mol. The van der Waals surface area contributed by atoms with Crippen molar-refractivity contribution in [2.24, 2.45) is 5.92 Å². The number of hydrogen-bond donors (Lipinski definition) is 1. The van der Waals surface area contributed by atoms with Gasteiger partial charge in [0.2, 0.25) is 0 Å². The second kappa shape index (κ2) is 8.37. The van der Waals surface area contributed by atoms with Crippen LogP contribution in [0.5, 0.6) is 0 Å². The van der Waals surface area contributed by atoms with E-state index in [4.69, 9.17) is 4.74 Å². The van der Waals surface area contributed by atoms with E-state index in [-0.39, 0.29) is 11.7 Å². The Morgan fingerprint density at radius 2 is 1.92 bits per heavy atom. The van der Waals surface area contributed by atoms with Crippen LogP contribution in [-0.2, 0) is 4.74 Å². The largest absolute Gasteiger partial charge is 0.444 e. The monoisotopic (exact) mass is 428 g/mol. The average molecular weight is 429 g/mol. The summed E-state index contributed by atoms with van der Waals surface area (Å²) >= 11 is 3.35. The number of benzene rings is 1. The third kappa shape index (κ3) is 5.69. The van der Waals surface area contributed by atoms with Crippen molar-refractivity contribution in [3.05, 3.63) is 33.5 Å². The average Bonchev–Trinajstić information content (AvgIpc) is 2.54. The van der Waals surface area contributed by atoms with Gasteiger partial charge in [-0.25, -0.2) is 9.18 Å². The van der Waals surface area contributed by atoms with E-state index in [1.54, 1.807) is 17.9 Å². The quantitative estimate of drug-likeness (QED) is 0.781. The molecule has 1 N–H and O–H groups in total. The van der Waals surface area contributed by atoms with Gasteiger partial charge in [0, 0.05) is 24.1 Å². The molecule has 1 aliphatic rings. The van der Waals surface area contributed by atoms with Gasteiger partial charge in [0.25, 0.3) is 5.91 Å². The summed E-state index contributed by atoms with van der Waals surface area (Å²) in [6, 6.07) is 2.91. The summed E-state index contributed by atoms with van der Waals surface area (Å²) in [6.07, 6.45) is 1.15. The van der Waals surface area contributed by atoms with Gasteiger partial charge in [0.1, 0.15) is 11.4 Å². The molecule has 1 saturated heterocycles. The van der Waals surface area contributed by atoms with Gasteiger partial charge in [0.05, 0.1) is 5.56 Å². The fraction of sp³-hybridized carbons (Fsp3) is 0.579. The molecule has 1 aromatic rings. The van der Waals surface area contributed by atoms with Gasteiger partial charge >= 0.3 is 6.09 Å². The van der Waals surface area contributed by atoms with Crippen LogP contribution in [0.2, 0.25) is 0 Å². The molecule has 0 saturated carbocycles. The molecule has 1 aromatic carbocycles. The number of carbonyl (C=O) groups excluding carboxylic acids is 2. The highest BCUT2D eigenvalue weighted by molar-refractivity contribution is 9.10. The first kappa shape index (κ1) is 20.7. The maximum absolute atomic E-state index is 13.8. The Labute approximate surface area is 162 Å². The molecule has 2 amide bonds. The van der Waals surface area contributed by atoms with E-state index in [0.717, 1.165) is 12.8 Å². The lowest BCUT2D eigenvalue weighted by Gasteiger charge is -2.32. The highest BCUT2D eigenvalue weighted by atomic mass is 79.9. The molecule has 1 heterocycles. The smallest absolute Gasteiger partial charge is 0.407 e. The van der Waals surface area contributed by atoms with E-state index in [0.29, 0.717) is 41.2 Å². The molecule has 1 fully saturated rings. The number of piperidine rings is 1. The molecule has 0 aromatic heterocycles. The number of carbonyl (C=O) groups is 2. The summed E-state index contributed by atoms with van der Waals surface area (Å²) < 4.78 is 19.6. The number of alkyl carbamates (subject to hydrolysis) is 1. The Hall–Kier alpha value is -1.63. The van der Waals surface area contributed by atoms with E-state index in [1.165, 1.54) is 6.07 Å². The fourth-order valence-corrected chi connectivity index (χ4v) is 3.49. The lowest BCUT2D eigenvalue weighted by atomic mass is 9.96. The summed E-state index contributed by atoms with van der Waals surface area (Å²) in [5.74, 6) is -0.257. The number of aryl methyl sites for hydroxylation is 1. The van der Waals surface area contributed by atoms with E-state index >= 15 is 0 Å². The Morgan fingerprint density at radius 1 is 1.31 bits per heavy atom. The molecule has 7 heteroatoms. The van der Waals surface area contributed by atoms with Crippen molar-refractivity contribution < 1.29 is 18.7 Å². The zero-order valence-corrected chi connectivity index (χ0v) is 17.3. The van der Waals surface area contributed by atoms with Crippen LogP contribution in [-0.4, -0.2) is 42.1 Å². The van der Waals surface area contributed by atoms with Crippen molar-refractivity contribution in [1.29, 1.82) is 0 Å². The van der Waals surface area contributed by atoms with Gasteiger partial charge in [-0.2, -0.15) is 0 Å². The maximum atomic E-state index is 13.8. The second-order valence-corrected chi connectivity index (χ2v) is 8.55. The first-order chi connectivity index (χ1) is 12.1. The van der Waals surface area contributed by atoms with Crippen molar-refractivity contribution in [3.8, 4) is 0 Å². The molecule has 26 heavy (non-hydrogen) atoms. The van der Waals surface area contributed by atoms with Crippen molar-refractivity contribution >= 4 is 27.9 Å². The molecular formula is C19H26BrFN2O3. The summed E-state index contributed by atoms with van der Waals surface area (Å²) in [5.41, 5.74) is 0.329. The molecule has 0 unspecified atom stereocenters. The van der Waals surface area contributed by atoms with Gasteiger partial charge in [-0.15, -0.1) is 0 Å². The van der Waals surface area contributed by atoms with Crippen LogP contribution in [0.25, 0.3) is 0 Å². The van der Waals surface area contributed by atoms with Crippen molar-refractivity contribution in [3.63, 3.8) is 0 Å². The first-order valence-corrected chi connectivity index (χ1v) is 9.58. The maximum Gasteiger partial charge on any atom is 0.407 e. The Kier molecular flexibility index (Phi) is 6.66. The summed E-state index contributed by atoms with van der Waals surface area (Å²) in [6.45, 7) is 8.83. The van der Waals surface area contributed by atoms with Gasteiger partial charge in [-0.1, -0.05) is 0 Å². The van der Waals surface area contributed by atoms with Crippen LogP contribution in [0, 0.1) is 18.7 Å². The number of likely N-dealkylation sites (tertiary alicyclic amines) is 1. The van der Waals surface area contributed by atoms with E-state index in [2.05, 4.69) is 21.2 Å². The lowest BCUT2D eigenvalue weighted by molar-refractivity contribution is 0.0500. The van der Waals surface area contributed by atoms with Crippen LogP contribution in [0.1, 0.15) is 49.5 Å². The predicted octanol–water partition coefficient (Wildman–Crippen LogP) is 4.27. The molecule has 1 aliphatic heterocycles. The lowest BCUT2D eigenvalue weighted by Crippen LogP contribution is -2.42. The Bertz CT molecular complexity index is 680. The highest BCUT2D eigenvalue weighted by Gasteiger charge is 2.26. The SMILES string of the molecule is Cc1cc(Br)c(C(=O)N2CCC(CNC(=O)OC(C)(C)C)CC2)cc1F. The summed E-state index contributed by atoms with van der Waals surface area (Å²) in [4.78, 5) is 26.1. The Morgan fingerprint density at radius 3 is 2.50 bits per heavy atom. The van der Waals surface area contributed by atoms with Gasteiger partial charge < -0.3 is 15.0 Å². The number of rotatable bonds is 3. The van der Waals surface area contributed by atoms with E-state index in [1.807, 2.05) is 20.8 Å². The minimum absolute atomic E-state index is 0.172. The van der Waals surface area contributed by atoms with E-state index < -0.39 is 11.7 Å². The van der Waals surface area contributed by atoms with Crippen molar-refractivity contribution in [2.45, 2.75) is 46.1 Å². The Balaban J connectivity index is 1.85. The van der Waals surface area contributed by atoms with Crippen LogP contribution in [0.15, 0.2) is 16.6 Å². The highest BCUT2D eigenvalue weighted by Crippen LogP contribution is 2.25. The fourth-order valence-electron chi connectivity index (χ4n) is 2.86. The molecular weight excluding hydrogens is 403 g/mol. The van der Waals surface area contributed by atoms with Crippen LogP contribution < -0.4 is 5.32 Å². The molecule has 2 rings (SSSR count). The number of hydrogen-bond acceptors (Lipinski definition) is 3. The minimum Gasteiger partial charge on any atom is -0.444 e. The first-order valence-electron chi connectivity index (χ1n) is 8.78. The van der Waals surface area contributed by atoms with Gasteiger partial charge in [-0.05, 0) is 80.1 Å². The van der Waals surface area contributed by atoms with Crippen LogP contribution in [0.4, 0.5) is 9.18 Å². The zero-order chi connectivity index (χ0) is 19.5.